The highest BCUT2D eigenvalue weighted by Gasteiger charge is 2.37. The fourth-order valence-electron chi connectivity index (χ4n) is 2.51. The second kappa shape index (κ2) is 8.69. The first-order valence-electron chi connectivity index (χ1n) is 7.79. The quantitative estimate of drug-likeness (QED) is 0.501. The predicted octanol–water partition coefficient (Wildman–Crippen LogP) is 1.72. The molecule has 2 rings (SSSR count). The molecular formula is C16H14BrF3N2O7. The fraction of sp³-hybridized carbons (Fsp3) is 0.312. The number of aliphatic hydroxyl groups excluding tert-OH is 1. The molecule has 0 saturated carbocycles. The van der Waals surface area contributed by atoms with Gasteiger partial charge in [-0.2, -0.15) is 0 Å². The number of hydrogen-bond acceptors (Lipinski definition) is 7. The number of carboxylic acids is 1. The molecule has 0 saturated heterocycles. The Morgan fingerprint density at radius 2 is 2.00 bits per heavy atom. The number of rotatable bonds is 7. The SMILES string of the molecule is COC(=O)C1=C(Nc2cc(C(=O)O)cc(Br)c2OC(F)(F)F)C(=O)N(CCO)C1. The molecular weight excluding hydrogens is 469 g/mol. The van der Waals surface area contributed by atoms with E-state index < -0.39 is 53.5 Å². The summed E-state index contributed by atoms with van der Waals surface area (Å²) in [5, 5.41) is 20.6. The highest BCUT2D eigenvalue weighted by Crippen LogP contribution is 2.40. The van der Waals surface area contributed by atoms with Crippen molar-refractivity contribution in [1.29, 1.82) is 0 Å². The van der Waals surface area contributed by atoms with Gasteiger partial charge in [0.25, 0.3) is 5.91 Å². The minimum Gasteiger partial charge on any atom is -0.478 e. The van der Waals surface area contributed by atoms with Crippen molar-refractivity contribution in [2.24, 2.45) is 0 Å². The molecule has 13 heteroatoms. The fourth-order valence-corrected chi connectivity index (χ4v) is 3.05. The summed E-state index contributed by atoms with van der Waals surface area (Å²) in [5.41, 5.74) is -1.57. The molecule has 1 aliphatic heterocycles. The van der Waals surface area contributed by atoms with Crippen molar-refractivity contribution in [3.63, 3.8) is 0 Å². The third-order valence-corrected chi connectivity index (χ3v) is 4.31. The highest BCUT2D eigenvalue weighted by atomic mass is 79.9. The van der Waals surface area contributed by atoms with Crippen molar-refractivity contribution in [2.75, 3.05) is 32.1 Å². The van der Waals surface area contributed by atoms with Crippen LogP contribution in [0.5, 0.6) is 5.75 Å². The maximum Gasteiger partial charge on any atom is 0.573 e. The van der Waals surface area contributed by atoms with Crippen molar-refractivity contribution in [3.05, 3.63) is 33.4 Å². The van der Waals surface area contributed by atoms with Crippen LogP contribution >= 0.6 is 15.9 Å². The van der Waals surface area contributed by atoms with Crippen LogP contribution in [0.15, 0.2) is 27.9 Å². The Kier molecular flexibility index (Phi) is 6.74. The summed E-state index contributed by atoms with van der Waals surface area (Å²) in [6.45, 7) is -0.825. The van der Waals surface area contributed by atoms with E-state index in [1.54, 1.807) is 0 Å². The Morgan fingerprint density at radius 1 is 1.34 bits per heavy atom. The summed E-state index contributed by atoms with van der Waals surface area (Å²) < 4.78 is 46.6. The lowest BCUT2D eigenvalue weighted by atomic mass is 10.1. The first-order chi connectivity index (χ1) is 13.5. The van der Waals surface area contributed by atoms with E-state index in [0.29, 0.717) is 0 Å². The maximum atomic E-state index is 12.8. The number of carboxylic acid groups (broad SMARTS) is 1. The zero-order valence-electron chi connectivity index (χ0n) is 14.7. The zero-order chi connectivity index (χ0) is 21.9. The first kappa shape index (κ1) is 22.5. The van der Waals surface area contributed by atoms with E-state index in [-0.39, 0.29) is 23.1 Å². The van der Waals surface area contributed by atoms with Crippen LogP contribution in [0.1, 0.15) is 10.4 Å². The molecule has 1 aliphatic rings. The summed E-state index contributed by atoms with van der Waals surface area (Å²) in [7, 11) is 1.05. The Labute approximate surface area is 169 Å². The van der Waals surface area contributed by atoms with Crippen molar-refractivity contribution in [3.8, 4) is 5.75 Å². The van der Waals surface area contributed by atoms with Gasteiger partial charge in [0.1, 0.15) is 5.70 Å². The number of nitrogens with zero attached hydrogens (tertiary/aromatic N) is 1. The number of nitrogens with one attached hydrogen (secondary N) is 1. The van der Waals surface area contributed by atoms with E-state index in [2.05, 4.69) is 30.7 Å². The molecule has 0 fully saturated rings. The number of carbonyl (C=O) groups excluding carboxylic acids is 2. The molecule has 0 unspecified atom stereocenters. The van der Waals surface area contributed by atoms with Gasteiger partial charge in [-0.3, -0.25) is 4.79 Å². The third kappa shape index (κ3) is 5.17. The van der Waals surface area contributed by atoms with Crippen LogP contribution < -0.4 is 10.1 Å². The van der Waals surface area contributed by atoms with Crippen molar-refractivity contribution in [2.45, 2.75) is 6.36 Å². The number of amides is 1. The van der Waals surface area contributed by atoms with Crippen LogP contribution in [-0.2, 0) is 14.3 Å². The van der Waals surface area contributed by atoms with Gasteiger partial charge in [0.05, 0.1) is 41.6 Å². The molecule has 0 atom stereocenters. The number of anilines is 1. The zero-order valence-corrected chi connectivity index (χ0v) is 16.3. The molecule has 0 bridgehead atoms. The number of methoxy groups -OCH3 is 1. The molecule has 0 spiro atoms. The minimum atomic E-state index is -5.12. The van der Waals surface area contributed by atoms with E-state index in [4.69, 9.17) is 10.2 Å². The molecule has 158 valence electrons. The number of aliphatic hydroxyl groups is 1. The summed E-state index contributed by atoms with van der Waals surface area (Å²) in [4.78, 5) is 36.8. The molecule has 1 heterocycles. The van der Waals surface area contributed by atoms with E-state index in [1.807, 2.05) is 0 Å². The van der Waals surface area contributed by atoms with Crippen molar-refractivity contribution >= 4 is 39.5 Å². The largest absolute Gasteiger partial charge is 0.573 e. The minimum absolute atomic E-state index is 0.144. The molecule has 9 nitrogen and oxygen atoms in total. The molecule has 3 N–H and O–H groups in total. The number of alkyl halides is 3. The molecule has 1 amide bonds. The molecule has 29 heavy (non-hydrogen) atoms. The van der Waals surface area contributed by atoms with Gasteiger partial charge in [0, 0.05) is 6.54 Å². The van der Waals surface area contributed by atoms with Crippen LogP contribution in [0, 0.1) is 0 Å². The Balaban J connectivity index is 2.58. The standard InChI is InChI=1S/C16H14BrF3N2O7/c1-28-15(27)8-6-22(2-3-23)13(24)11(8)21-10-5-7(14(25)26)4-9(17)12(10)29-16(18,19)20/h4-5,21,23H,2-3,6H2,1H3,(H,25,26). The van der Waals surface area contributed by atoms with E-state index in [1.165, 1.54) is 0 Å². The average molecular weight is 483 g/mol. The van der Waals surface area contributed by atoms with Gasteiger partial charge in [-0.25, -0.2) is 9.59 Å². The van der Waals surface area contributed by atoms with E-state index >= 15 is 0 Å². The third-order valence-electron chi connectivity index (χ3n) is 3.72. The smallest absolute Gasteiger partial charge is 0.478 e. The Bertz CT molecular complexity index is 886. The molecule has 1 aromatic carbocycles. The highest BCUT2D eigenvalue weighted by molar-refractivity contribution is 9.10. The number of aromatic carboxylic acids is 1. The number of β-amino-alcohol motifs (C(OH)–C–C–N with tert-alkyl or cyclic N) is 1. The van der Waals surface area contributed by atoms with Crippen LogP contribution in [-0.4, -0.2) is 66.1 Å². The normalized spacial score (nSPS) is 14.3. The van der Waals surface area contributed by atoms with Gasteiger partial charge in [-0.1, -0.05) is 0 Å². The molecule has 0 radical (unpaired) electrons. The summed E-state index contributed by atoms with van der Waals surface area (Å²) >= 11 is 2.81. The van der Waals surface area contributed by atoms with Crippen LogP contribution in [0.4, 0.5) is 18.9 Å². The van der Waals surface area contributed by atoms with Crippen molar-refractivity contribution < 1.29 is 47.2 Å². The summed E-state index contributed by atoms with van der Waals surface area (Å²) in [6.07, 6.45) is -5.12. The van der Waals surface area contributed by atoms with Gasteiger partial charge < -0.3 is 29.9 Å². The van der Waals surface area contributed by atoms with Crippen LogP contribution in [0.25, 0.3) is 0 Å². The summed E-state index contributed by atoms with van der Waals surface area (Å²) in [5.74, 6) is -4.01. The number of benzene rings is 1. The maximum absolute atomic E-state index is 12.8. The Morgan fingerprint density at radius 3 is 2.52 bits per heavy atom. The van der Waals surface area contributed by atoms with E-state index in [0.717, 1.165) is 24.1 Å². The lowest BCUT2D eigenvalue weighted by Gasteiger charge is -2.18. The second-order valence-corrected chi connectivity index (χ2v) is 6.46. The lowest BCUT2D eigenvalue weighted by molar-refractivity contribution is -0.274. The van der Waals surface area contributed by atoms with Gasteiger partial charge in [-0.05, 0) is 28.1 Å². The number of carbonyl (C=O) groups is 3. The average Bonchev–Trinajstić information content (AvgIpc) is 2.92. The van der Waals surface area contributed by atoms with Crippen LogP contribution in [0.3, 0.4) is 0 Å². The molecule has 1 aromatic rings. The number of hydrogen-bond donors (Lipinski definition) is 3. The number of ether oxygens (including phenoxy) is 2. The van der Waals surface area contributed by atoms with Gasteiger partial charge in [-0.15, -0.1) is 13.2 Å². The summed E-state index contributed by atoms with van der Waals surface area (Å²) in [6, 6.07) is 1.71. The topological polar surface area (TPSA) is 125 Å². The van der Waals surface area contributed by atoms with Crippen molar-refractivity contribution in [1.82, 2.24) is 4.90 Å². The van der Waals surface area contributed by atoms with Gasteiger partial charge in [0.2, 0.25) is 0 Å². The van der Waals surface area contributed by atoms with Gasteiger partial charge >= 0.3 is 18.3 Å². The Hall–Kier alpha value is -2.80. The molecule has 0 aliphatic carbocycles. The first-order valence-corrected chi connectivity index (χ1v) is 8.59. The monoisotopic (exact) mass is 482 g/mol. The number of esters is 1. The number of halogens is 4. The predicted molar refractivity (Wildman–Crippen MR) is 94.1 cm³/mol. The van der Waals surface area contributed by atoms with Crippen LogP contribution in [0.2, 0.25) is 0 Å². The van der Waals surface area contributed by atoms with E-state index in [9.17, 15) is 27.6 Å². The lowest BCUT2D eigenvalue weighted by Crippen LogP contribution is -2.31. The second-order valence-electron chi connectivity index (χ2n) is 5.61. The molecule has 0 aromatic heterocycles. The van der Waals surface area contributed by atoms with Gasteiger partial charge in [0.15, 0.2) is 5.75 Å².